The molecule has 16 heavy (non-hydrogen) atoms. The van der Waals surface area contributed by atoms with Crippen LogP contribution in [0.4, 0.5) is 17.6 Å². The molecule has 0 bridgehead atoms. The first kappa shape index (κ1) is 12.4. The van der Waals surface area contributed by atoms with E-state index in [9.17, 15) is 22.4 Å². The lowest BCUT2D eigenvalue weighted by molar-refractivity contribution is -0.147. The van der Waals surface area contributed by atoms with Crippen LogP contribution in [0.3, 0.4) is 0 Å². The van der Waals surface area contributed by atoms with Crippen LogP contribution >= 0.6 is 0 Å². The predicted molar refractivity (Wildman–Crippen MR) is 43.9 cm³/mol. The summed E-state index contributed by atoms with van der Waals surface area (Å²) in [5, 5.41) is 17.3. The second kappa shape index (κ2) is 4.48. The smallest absolute Gasteiger partial charge is 0.337 e. The molecule has 1 rings (SSSR count). The molecule has 0 aromatic heterocycles. The Morgan fingerprint density at radius 2 is 1.81 bits per heavy atom. The third kappa shape index (κ3) is 2.30. The van der Waals surface area contributed by atoms with Gasteiger partial charge in [-0.1, -0.05) is 0 Å². The van der Waals surface area contributed by atoms with Gasteiger partial charge in [-0.05, 0) is 12.1 Å². The fraction of sp³-hybridized carbons (Fsp3) is 0.222. The molecule has 1 aromatic rings. The lowest BCUT2D eigenvalue weighted by Gasteiger charge is -2.10. The van der Waals surface area contributed by atoms with Gasteiger partial charge in [-0.3, -0.25) is 0 Å². The first-order valence-corrected chi connectivity index (χ1v) is 4.02. The van der Waals surface area contributed by atoms with Crippen LogP contribution in [0.15, 0.2) is 12.1 Å². The van der Waals surface area contributed by atoms with Crippen molar-refractivity contribution in [1.82, 2.24) is 0 Å². The van der Waals surface area contributed by atoms with Gasteiger partial charge in [0.2, 0.25) is 0 Å². The minimum atomic E-state index is -3.09. The van der Waals surface area contributed by atoms with Crippen molar-refractivity contribution >= 4 is 5.97 Å². The highest BCUT2D eigenvalue weighted by Gasteiger charge is 2.24. The van der Waals surface area contributed by atoms with Gasteiger partial charge in [0.05, 0.1) is 0 Å². The molecule has 0 aliphatic carbocycles. The summed E-state index contributed by atoms with van der Waals surface area (Å²) in [5.41, 5.74) is -1.92. The summed E-state index contributed by atoms with van der Waals surface area (Å²) in [4.78, 5) is 10.3. The van der Waals surface area contributed by atoms with Crippen LogP contribution in [-0.4, -0.2) is 16.2 Å². The van der Waals surface area contributed by atoms with E-state index >= 15 is 0 Å². The largest absolute Gasteiger partial charge is 0.479 e. The molecule has 0 saturated carbocycles. The van der Waals surface area contributed by atoms with Crippen molar-refractivity contribution in [2.24, 2.45) is 0 Å². The van der Waals surface area contributed by atoms with Gasteiger partial charge in [0.1, 0.15) is 0 Å². The zero-order chi connectivity index (χ0) is 12.5. The number of aliphatic hydroxyl groups is 1. The summed E-state index contributed by atoms with van der Waals surface area (Å²) in [7, 11) is 0. The SMILES string of the molecule is O=C(O)C(O)c1cc(C(F)F)cc(F)c1F. The monoisotopic (exact) mass is 238 g/mol. The number of carboxylic acids is 1. The highest BCUT2D eigenvalue weighted by molar-refractivity contribution is 5.74. The van der Waals surface area contributed by atoms with Crippen molar-refractivity contribution < 1.29 is 32.6 Å². The number of rotatable bonds is 3. The third-order valence-electron chi connectivity index (χ3n) is 1.86. The van der Waals surface area contributed by atoms with Gasteiger partial charge >= 0.3 is 5.97 Å². The van der Waals surface area contributed by atoms with E-state index in [4.69, 9.17) is 10.2 Å². The Balaban J connectivity index is 3.32. The summed E-state index contributed by atoms with van der Waals surface area (Å²) >= 11 is 0. The summed E-state index contributed by atoms with van der Waals surface area (Å²) in [6.45, 7) is 0. The number of benzene rings is 1. The number of halogens is 4. The molecule has 0 amide bonds. The number of aliphatic carboxylic acids is 1. The first-order chi connectivity index (χ1) is 7.34. The Hall–Kier alpha value is -1.63. The molecule has 0 fully saturated rings. The van der Waals surface area contributed by atoms with Gasteiger partial charge in [-0.2, -0.15) is 0 Å². The van der Waals surface area contributed by atoms with E-state index in [-0.39, 0.29) is 6.07 Å². The molecule has 0 aliphatic heterocycles. The molecule has 0 saturated heterocycles. The molecular weight excluding hydrogens is 232 g/mol. The van der Waals surface area contributed by atoms with Crippen LogP contribution in [0.2, 0.25) is 0 Å². The van der Waals surface area contributed by atoms with E-state index in [0.717, 1.165) is 0 Å². The maximum Gasteiger partial charge on any atom is 0.337 e. The van der Waals surface area contributed by atoms with E-state index in [0.29, 0.717) is 6.07 Å². The Kier molecular flexibility index (Phi) is 3.48. The van der Waals surface area contributed by atoms with E-state index in [2.05, 4.69) is 0 Å². The van der Waals surface area contributed by atoms with Gasteiger partial charge in [0.25, 0.3) is 6.43 Å². The highest BCUT2D eigenvalue weighted by Crippen LogP contribution is 2.27. The lowest BCUT2D eigenvalue weighted by atomic mass is 10.0. The predicted octanol–water partition coefficient (Wildman–Crippen LogP) is 2.02. The summed E-state index contributed by atoms with van der Waals surface area (Å²) in [5.74, 6) is -5.14. The molecule has 0 heterocycles. The molecule has 1 aromatic carbocycles. The normalized spacial score (nSPS) is 12.9. The second-order valence-corrected chi connectivity index (χ2v) is 2.95. The quantitative estimate of drug-likeness (QED) is 0.792. The number of carbonyl (C=O) groups is 1. The van der Waals surface area contributed by atoms with Crippen LogP contribution in [0, 0.1) is 11.6 Å². The molecular formula is C9H6F4O3. The van der Waals surface area contributed by atoms with E-state index < -0.39 is 41.3 Å². The van der Waals surface area contributed by atoms with Gasteiger partial charge in [0, 0.05) is 11.1 Å². The van der Waals surface area contributed by atoms with Gasteiger partial charge in [0.15, 0.2) is 17.7 Å². The van der Waals surface area contributed by atoms with Gasteiger partial charge in [-0.15, -0.1) is 0 Å². The average Bonchev–Trinajstić information content (AvgIpc) is 2.20. The lowest BCUT2D eigenvalue weighted by Crippen LogP contribution is -2.13. The van der Waals surface area contributed by atoms with Crippen molar-refractivity contribution in [2.45, 2.75) is 12.5 Å². The number of alkyl halides is 2. The molecule has 0 radical (unpaired) electrons. The van der Waals surface area contributed by atoms with E-state index in [1.54, 1.807) is 0 Å². The Bertz CT molecular complexity index is 419. The molecule has 3 nitrogen and oxygen atoms in total. The topological polar surface area (TPSA) is 57.5 Å². The maximum absolute atomic E-state index is 13.0. The second-order valence-electron chi connectivity index (χ2n) is 2.95. The van der Waals surface area contributed by atoms with Crippen molar-refractivity contribution in [2.75, 3.05) is 0 Å². The molecule has 0 aliphatic rings. The number of hydrogen-bond acceptors (Lipinski definition) is 2. The molecule has 0 spiro atoms. The van der Waals surface area contributed by atoms with Crippen molar-refractivity contribution in [3.8, 4) is 0 Å². The Morgan fingerprint density at radius 3 is 2.25 bits per heavy atom. The van der Waals surface area contributed by atoms with Crippen molar-refractivity contribution in [3.63, 3.8) is 0 Å². The van der Waals surface area contributed by atoms with Gasteiger partial charge in [-0.25, -0.2) is 22.4 Å². The third-order valence-corrected chi connectivity index (χ3v) is 1.86. The standard InChI is InChI=1S/C9H6F4O3/c10-5-2-3(8(12)13)1-4(6(5)11)7(14)9(15)16/h1-2,7-8,14H,(H,15,16). The zero-order valence-electron chi connectivity index (χ0n) is 7.62. The molecule has 2 N–H and O–H groups in total. The van der Waals surface area contributed by atoms with Crippen LogP contribution < -0.4 is 0 Å². The van der Waals surface area contributed by atoms with E-state index in [1.807, 2.05) is 0 Å². The molecule has 88 valence electrons. The summed E-state index contributed by atoms with van der Waals surface area (Å²) < 4.78 is 50.2. The minimum Gasteiger partial charge on any atom is -0.479 e. The summed E-state index contributed by atoms with van der Waals surface area (Å²) in [6.07, 6.45) is -5.47. The van der Waals surface area contributed by atoms with Crippen LogP contribution in [0.5, 0.6) is 0 Å². The Morgan fingerprint density at radius 1 is 1.25 bits per heavy atom. The first-order valence-electron chi connectivity index (χ1n) is 4.02. The number of hydrogen-bond donors (Lipinski definition) is 2. The molecule has 1 atom stereocenters. The zero-order valence-corrected chi connectivity index (χ0v) is 7.62. The Labute approximate surface area is 86.9 Å². The van der Waals surface area contributed by atoms with Crippen molar-refractivity contribution in [1.29, 1.82) is 0 Å². The highest BCUT2D eigenvalue weighted by atomic mass is 19.3. The van der Waals surface area contributed by atoms with Crippen LogP contribution in [0.25, 0.3) is 0 Å². The number of aliphatic hydroxyl groups excluding tert-OH is 1. The summed E-state index contributed by atoms with van der Waals surface area (Å²) in [6, 6.07) is 0.667. The fourth-order valence-corrected chi connectivity index (χ4v) is 1.09. The minimum absolute atomic E-state index is 0.248. The number of carboxylic acid groups (broad SMARTS) is 1. The van der Waals surface area contributed by atoms with Crippen molar-refractivity contribution in [3.05, 3.63) is 34.9 Å². The molecule has 7 heteroatoms. The fourth-order valence-electron chi connectivity index (χ4n) is 1.09. The van der Waals surface area contributed by atoms with Crippen LogP contribution in [-0.2, 0) is 4.79 Å². The average molecular weight is 238 g/mol. The van der Waals surface area contributed by atoms with Gasteiger partial charge < -0.3 is 10.2 Å². The van der Waals surface area contributed by atoms with Crippen LogP contribution in [0.1, 0.15) is 23.7 Å². The van der Waals surface area contributed by atoms with E-state index in [1.165, 1.54) is 0 Å². The molecule has 1 unspecified atom stereocenters. The maximum atomic E-state index is 13.0.